The number of aliphatic carboxylic acids is 1. The maximum absolute atomic E-state index is 12.7. The lowest BCUT2D eigenvalue weighted by molar-refractivity contribution is -0.138. The minimum absolute atomic E-state index is 0.00917. The van der Waals surface area contributed by atoms with E-state index in [0.29, 0.717) is 12.8 Å². The van der Waals surface area contributed by atoms with Crippen molar-refractivity contribution in [2.45, 2.75) is 44.6 Å². The Hall–Kier alpha value is -3.35. The Morgan fingerprint density at radius 2 is 1.61 bits per heavy atom. The number of carboxylic acid groups (broad SMARTS) is 1. The Morgan fingerprint density at radius 1 is 1.03 bits per heavy atom. The summed E-state index contributed by atoms with van der Waals surface area (Å²) in [6, 6.07) is 16.2. The maximum Gasteiger partial charge on any atom is 0.408 e. The van der Waals surface area contributed by atoms with Gasteiger partial charge in [-0.15, -0.1) is 0 Å². The quantitative estimate of drug-likeness (QED) is 0.537. The van der Waals surface area contributed by atoms with Gasteiger partial charge in [-0.1, -0.05) is 62.4 Å². The Bertz CT molecular complexity index is 1010. The number of amides is 2. The highest BCUT2D eigenvalue weighted by atomic mass is 16.5. The van der Waals surface area contributed by atoms with Crippen LogP contribution in [0.2, 0.25) is 0 Å². The molecule has 2 aliphatic carbocycles. The molecule has 0 heterocycles. The molecule has 1 unspecified atom stereocenters. The lowest BCUT2D eigenvalue weighted by atomic mass is 9.92. The SMILES string of the molecule is CC(C)C(CNC(=O)C1(NC(=O)OCC2c3ccccc3-c3ccccc32)CC1)CC(=O)O. The average Bonchev–Trinajstić information content (AvgIpc) is 3.50. The third-order valence-corrected chi connectivity index (χ3v) is 6.77. The topological polar surface area (TPSA) is 105 Å². The molecule has 0 bridgehead atoms. The van der Waals surface area contributed by atoms with Crippen molar-refractivity contribution in [1.82, 2.24) is 10.6 Å². The van der Waals surface area contributed by atoms with Gasteiger partial charge in [0, 0.05) is 12.5 Å². The molecule has 2 aromatic carbocycles. The number of alkyl carbamates (subject to hydrolysis) is 1. The van der Waals surface area contributed by atoms with E-state index in [2.05, 4.69) is 34.9 Å². The molecule has 0 aliphatic heterocycles. The lowest BCUT2D eigenvalue weighted by Gasteiger charge is -2.22. The smallest absolute Gasteiger partial charge is 0.408 e. The van der Waals surface area contributed by atoms with Crippen LogP contribution >= 0.6 is 0 Å². The molecule has 2 amide bonds. The second kappa shape index (κ2) is 9.25. The molecule has 4 rings (SSSR count). The van der Waals surface area contributed by atoms with Crippen molar-refractivity contribution in [3.05, 3.63) is 59.7 Å². The normalized spacial score (nSPS) is 16.5. The molecule has 0 spiro atoms. The highest BCUT2D eigenvalue weighted by Gasteiger charge is 2.51. The second-order valence-corrected chi connectivity index (χ2v) is 9.34. The number of carboxylic acids is 1. The predicted octanol–water partition coefficient (Wildman–Crippen LogP) is 3.92. The first-order valence-corrected chi connectivity index (χ1v) is 11.4. The third-order valence-electron chi connectivity index (χ3n) is 6.77. The predicted molar refractivity (Wildman–Crippen MR) is 124 cm³/mol. The highest BCUT2D eigenvalue weighted by molar-refractivity contribution is 5.92. The van der Waals surface area contributed by atoms with E-state index in [1.54, 1.807) is 0 Å². The molecule has 174 valence electrons. The summed E-state index contributed by atoms with van der Waals surface area (Å²) >= 11 is 0. The van der Waals surface area contributed by atoms with E-state index in [4.69, 9.17) is 9.84 Å². The highest BCUT2D eigenvalue weighted by Crippen LogP contribution is 2.44. The van der Waals surface area contributed by atoms with Crippen molar-refractivity contribution in [1.29, 1.82) is 0 Å². The van der Waals surface area contributed by atoms with E-state index in [1.807, 2.05) is 38.1 Å². The molecule has 0 saturated heterocycles. The van der Waals surface area contributed by atoms with Crippen LogP contribution in [-0.2, 0) is 14.3 Å². The Morgan fingerprint density at radius 3 is 2.12 bits per heavy atom. The molecule has 7 heteroatoms. The number of nitrogens with one attached hydrogen (secondary N) is 2. The summed E-state index contributed by atoms with van der Waals surface area (Å²) in [4.78, 5) is 36.4. The molecule has 1 atom stereocenters. The number of hydrogen-bond donors (Lipinski definition) is 3. The van der Waals surface area contributed by atoms with Gasteiger partial charge in [-0.3, -0.25) is 9.59 Å². The summed E-state index contributed by atoms with van der Waals surface area (Å²) in [5, 5.41) is 14.6. The Balaban J connectivity index is 1.34. The molecule has 7 nitrogen and oxygen atoms in total. The molecule has 3 N–H and O–H groups in total. The first kappa shape index (κ1) is 22.8. The van der Waals surface area contributed by atoms with Crippen LogP contribution in [0.3, 0.4) is 0 Å². The summed E-state index contributed by atoms with van der Waals surface area (Å²) in [5.74, 6) is -1.27. The second-order valence-electron chi connectivity index (χ2n) is 9.34. The molecular formula is C26H30N2O5. The molecule has 1 saturated carbocycles. The van der Waals surface area contributed by atoms with Gasteiger partial charge in [0.1, 0.15) is 12.1 Å². The van der Waals surface area contributed by atoms with Gasteiger partial charge in [0.05, 0.1) is 6.42 Å². The van der Waals surface area contributed by atoms with Gasteiger partial charge in [-0.05, 0) is 46.9 Å². The number of rotatable bonds is 9. The van der Waals surface area contributed by atoms with Gasteiger partial charge in [0.15, 0.2) is 0 Å². The number of ether oxygens (including phenoxy) is 1. The number of carbonyl (C=O) groups excluding carboxylic acids is 2. The van der Waals surface area contributed by atoms with Gasteiger partial charge >= 0.3 is 12.1 Å². The molecule has 2 aliphatic rings. The van der Waals surface area contributed by atoms with Crippen molar-refractivity contribution >= 4 is 18.0 Å². The zero-order chi connectivity index (χ0) is 23.6. The molecule has 0 radical (unpaired) electrons. The molecule has 2 aromatic rings. The fraction of sp³-hybridized carbons (Fsp3) is 0.423. The minimum Gasteiger partial charge on any atom is -0.481 e. The molecule has 33 heavy (non-hydrogen) atoms. The van der Waals surface area contributed by atoms with Crippen LogP contribution in [0.5, 0.6) is 0 Å². The zero-order valence-corrected chi connectivity index (χ0v) is 19.0. The van der Waals surface area contributed by atoms with Crippen LogP contribution in [0, 0.1) is 11.8 Å². The number of fused-ring (bicyclic) bond motifs is 3. The summed E-state index contributed by atoms with van der Waals surface area (Å²) in [6.45, 7) is 4.31. The van der Waals surface area contributed by atoms with Gasteiger partial charge < -0.3 is 20.5 Å². The molecular weight excluding hydrogens is 420 g/mol. The Kier molecular flexibility index (Phi) is 6.40. The lowest BCUT2D eigenvalue weighted by Crippen LogP contribution is -2.50. The largest absolute Gasteiger partial charge is 0.481 e. The van der Waals surface area contributed by atoms with E-state index in [0.717, 1.165) is 22.3 Å². The number of carbonyl (C=O) groups is 3. The van der Waals surface area contributed by atoms with Crippen LogP contribution in [0.1, 0.15) is 50.2 Å². The average molecular weight is 451 g/mol. The maximum atomic E-state index is 12.7. The summed E-state index contributed by atoms with van der Waals surface area (Å²) < 4.78 is 5.57. The number of benzene rings is 2. The first-order valence-electron chi connectivity index (χ1n) is 11.4. The third kappa shape index (κ3) is 4.87. The van der Waals surface area contributed by atoms with Crippen LogP contribution in [-0.4, -0.2) is 41.8 Å². The molecule has 0 aromatic heterocycles. The van der Waals surface area contributed by atoms with Gasteiger partial charge in [-0.2, -0.15) is 0 Å². The summed E-state index contributed by atoms with van der Waals surface area (Å²) in [7, 11) is 0. The van der Waals surface area contributed by atoms with Crippen molar-refractivity contribution in [2.75, 3.05) is 13.2 Å². The monoisotopic (exact) mass is 450 g/mol. The van der Waals surface area contributed by atoms with Crippen molar-refractivity contribution in [2.24, 2.45) is 11.8 Å². The number of hydrogen-bond acceptors (Lipinski definition) is 4. The van der Waals surface area contributed by atoms with Gasteiger partial charge in [0.25, 0.3) is 0 Å². The first-order chi connectivity index (χ1) is 15.8. The van der Waals surface area contributed by atoms with E-state index >= 15 is 0 Å². The van der Waals surface area contributed by atoms with Crippen molar-refractivity contribution < 1.29 is 24.2 Å². The van der Waals surface area contributed by atoms with E-state index < -0.39 is 17.6 Å². The van der Waals surface area contributed by atoms with Crippen molar-refractivity contribution in [3.63, 3.8) is 0 Å². The molecule has 1 fully saturated rings. The standard InChI is InChI=1S/C26H30N2O5/c1-16(2)17(13-23(29)30)14-27-24(31)26(11-12-26)28-25(32)33-15-22-20-9-5-3-7-18(20)19-8-4-6-10-21(19)22/h3-10,16-17,22H,11-15H2,1-2H3,(H,27,31)(H,28,32)(H,29,30). The van der Waals surface area contributed by atoms with Gasteiger partial charge in [0.2, 0.25) is 5.91 Å². The van der Waals surface area contributed by atoms with Crippen molar-refractivity contribution in [3.8, 4) is 11.1 Å². The van der Waals surface area contributed by atoms with Gasteiger partial charge in [-0.25, -0.2) is 4.79 Å². The van der Waals surface area contributed by atoms with Crippen LogP contribution < -0.4 is 10.6 Å². The van der Waals surface area contributed by atoms with E-state index in [-0.39, 0.29) is 43.2 Å². The van der Waals surface area contributed by atoms with E-state index in [1.165, 1.54) is 0 Å². The fourth-order valence-corrected chi connectivity index (χ4v) is 4.52. The summed E-state index contributed by atoms with van der Waals surface area (Å²) in [6.07, 6.45) is 0.448. The zero-order valence-electron chi connectivity index (χ0n) is 19.0. The van der Waals surface area contributed by atoms with Crippen LogP contribution in [0.4, 0.5) is 4.79 Å². The van der Waals surface area contributed by atoms with Crippen LogP contribution in [0.25, 0.3) is 11.1 Å². The fourth-order valence-electron chi connectivity index (χ4n) is 4.52. The minimum atomic E-state index is -0.965. The van der Waals surface area contributed by atoms with E-state index in [9.17, 15) is 14.4 Å². The van der Waals surface area contributed by atoms with Crippen LogP contribution in [0.15, 0.2) is 48.5 Å². The summed E-state index contributed by atoms with van der Waals surface area (Å²) in [5.41, 5.74) is 3.60. The Labute approximate surface area is 193 Å².